The molecule has 3 N–H and O–H groups in total. The monoisotopic (exact) mass is 405 g/mol. The van der Waals surface area contributed by atoms with Crippen molar-refractivity contribution in [2.45, 2.75) is 6.92 Å². The van der Waals surface area contributed by atoms with Crippen molar-refractivity contribution in [2.75, 3.05) is 11.1 Å². The molecule has 29 heavy (non-hydrogen) atoms. The van der Waals surface area contributed by atoms with Crippen LogP contribution in [0.5, 0.6) is 0 Å². The predicted octanol–water partition coefficient (Wildman–Crippen LogP) is 3.52. The molecule has 144 valence electrons. The second-order valence-electron chi connectivity index (χ2n) is 6.25. The first-order chi connectivity index (χ1) is 14.0. The van der Waals surface area contributed by atoms with Crippen molar-refractivity contribution in [1.82, 2.24) is 25.0 Å². The Kier molecular flexibility index (Phi) is 4.92. The molecular weight excluding hydrogens is 390 g/mol. The molecule has 0 unspecified atom stereocenters. The first-order valence-electron chi connectivity index (χ1n) is 8.67. The second kappa shape index (κ2) is 7.69. The number of nitrogens with zero attached hydrogens (tertiary/aromatic N) is 5. The number of anilines is 2. The van der Waals surface area contributed by atoms with E-state index in [1.807, 2.05) is 31.2 Å². The van der Waals surface area contributed by atoms with E-state index in [0.717, 1.165) is 16.7 Å². The molecule has 0 atom stereocenters. The Labute approximate surface area is 171 Å². The number of nitrogens with two attached hydrogens (primary N) is 1. The molecule has 9 heteroatoms. The van der Waals surface area contributed by atoms with Crippen molar-refractivity contribution < 1.29 is 4.79 Å². The second-order valence-corrected chi connectivity index (χ2v) is 6.66. The van der Waals surface area contributed by atoms with Gasteiger partial charge >= 0.3 is 0 Å². The fourth-order valence-electron chi connectivity index (χ4n) is 2.94. The van der Waals surface area contributed by atoms with Crippen LogP contribution in [0.4, 0.5) is 11.4 Å². The Balaban J connectivity index is 1.62. The van der Waals surface area contributed by atoms with Crippen LogP contribution in [0.15, 0.2) is 61.3 Å². The maximum atomic E-state index is 12.8. The summed E-state index contributed by atoms with van der Waals surface area (Å²) >= 11 is 6.26. The van der Waals surface area contributed by atoms with Gasteiger partial charge in [0.25, 0.3) is 5.91 Å². The third-order valence-electron chi connectivity index (χ3n) is 4.40. The Morgan fingerprint density at radius 2 is 1.86 bits per heavy atom. The lowest BCUT2D eigenvalue weighted by atomic mass is 9.98. The molecule has 0 spiro atoms. The van der Waals surface area contributed by atoms with E-state index < -0.39 is 0 Å². The number of halogens is 1. The summed E-state index contributed by atoms with van der Waals surface area (Å²) < 4.78 is 0. The van der Waals surface area contributed by atoms with E-state index in [1.165, 1.54) is 29.6 Å². The zero-order valence-electron chi connectivity index (χ0n) is 15.4. The van der Waals surface area contributed by atoms with Gasteiger partial charge in [0.15, 0.2) is 5.82 Å². The minimum atomic E-state index is -0.325. The average molecular weight is 406 g/mol. The van der Waals surface area contributed by atoms with Crippen molar-refractivity contribution in [1.29, 1.82) is 0 Å². The molecule has 4 rings (SSSR count). The molecule has 3 aromatic heterocycles. The van der Waals surface area contributed by atoms with Crippen LogP contribution in [-0.4, -0.2) is 30.9 Å². The number of aromatic nitrogens is 5. The van der Waals surface area contributed by atoms with Crippen LogP contribution in [0.1, 0.15) is 15.9 Å². The van der Waals surface area contributed by atoms with Crippen LogP contribution < -0.4 is 11.1 Å². The molecule has 0 aliphatic rings. The van der Waals surface area contributed by atoms with Gasteiger partial charge in [-0.15, -0.1) is 4.80 Å². The normalized spacial score (nSPS) is 10.7. The fraction of sp³-hybridized carbons (Fsp3) is 0.0500. The SMILES string of the molecule is Cc1c(C(=O)Nc2cnc(-n3nccn3)c(Cl)c2)cncc1-c1ccccc1N. The summed E-state index contributed by atoms with van der Waals surface area (Å²) in [4.78, 5) is 22.6. The summed E-state index contributed by atoms with van der Waals surface area (Å²) in [6, 6.07) is 9.05. The lowest BCUT2D eigenvalue weighted by molar-refractivity contribution is 0.102. The lowest BCUT2D eigenvalue weighted by Crippen LogP contribution is -2.15. The van der Waals surface area contributed by atoms with Crippen molar-refractivity contribution in [2.24, 2.45) is 0 Å². The summed E-state index contributed by atoms with van der Waals surface area (Å²) in [5.74, 6) is 0.0447. The Bertz CT molecular complexity index is 1190. The molecule has 0 saturated heterocycles. The zero-order valence-corrected chi connectivity index (χ0v) is 16.1. The van der Waals surface area contributed by atoms with Gasteiger partial charge in [0, 0.05) is 29.2 Å². The first kappa shape index (κ1) is 18.6. The molecule has 1 amide bonds. The molecule has 0 aliphatic heterocycles. The van der Waals surface area contributed by atoms with Crippen molar-refractivity contribution in [3.05, 3.63) is 77.5 Å². The van der Waals surface area contributed by atoms with Gasteiger partial charge in [-0.25, -0.2) is 4.98 Å². The van der Waals surface area contributed by atoms with Crippen molar-refractivity contribution in [3.63, 3.8) is 0 Å². The number of carbonyl (C=O) groups is 1. The highest BCUT2D eigenvalue weighted by molar-refractivity contribution is 6.32. The summed E-state index contributed by atoms with van der Waals surface area (Å²) in [5.41, 5.74) is 9.97. The van der Waals surface area contributed by atoms with E-state index in [4.69, 9.17) is 17.3 Å². The standard InChI is InChI=1S/C20H16ClN7O/c1-12-15(14-4-2-3-5-18(14)22)10-23-11-16(12)20(29)27-13-8-17(21)19(24-9-13)28-25-6-7-26-28/h2-11H,22H2,1H3,(H,27,29). The number of hydrogen-bond donors (Lipinski definition) is 2. The molecule has 0 radical (unpaired) electrons. The van der Waals surface area contributed by atoms with Gasteiger partial charge in [0.05, 0.1) is 34.9 Å². The molecule has 4 aromatic rings. The number of carbonyl (C=O) groups excluding carboxylic acids is 1. The first-order valence-corrected chi connectivity index (χ1v) is 9.05. The van der Waals surface area contributed by atoms with Crippen LogP contribution in [0.2, 0.25) is 5.02 Å². The molecule has 1 aromatic carbocycles. The van der Waals surface area contributed by atoms with Gasteiger partial charge in [-0.3, -0.25) is 9.78 Å². The summed E-state index contributed by atoms with van der Waals surface area (Å²) in [6.45, 7) is 1.86. The van der Waals surface area contributed by atoms with Gasteiger partial charge in [-0.05, 0) is 24.6 Å². The topological polar surface area (TPSA) is 112 Å². The minimum Gasteiger partial charge on any atom is -0.398 e. The number of para-hydroxylation sites is 1. The minimum absolute atomic E-state index is 0.305. The highest BCUT2D eigenvalue weighted by Gasteiger charge is 2.16. The van der Waals surface area contributed by atoms with Gasteiger partial charge < -0.3 is 11.1 Å². The number of amides is 1. The molecule has 3 heterocycles. The number of nitrogen functional groups attached to an aromatic ring is 1. The number of rotatable bonds is 4. The van der Waals surface area contributed by atoms with E-state index in [-0.39, 0.29) is 5.91 Å². The quantitative estimate of drug-likeness (QED) is 0.502. The number of pyridine rings is 2. The van der Waals surface area contributed by atoms with Gasteiger partial charge in [-0.1, -0.05) is 29.8 Å². The highest BCUT2D eigenvalue weighted by Crippen LogP contribution is 2.29. The van der Waals surface area contributed by atoms with Crippen molar-refractivity contribution >= 4 is 28.9 Å². The Hall–Kier alpha value is -3.78. The van der Waals surface area contributed by atoms with E-state index in [0.29, 0.717) is 27.8 Å². The van der Waals surface area contributed by atoms with Crippen molar-refractivity contribution in [3.8, 4) is 16.9 Å². The van der Waals surface area contributed by atoms with E-state index in [1.54, 1.807) is 12.3 Å². The molecule has 0 bridgehead atoms. The summed E-state index contributed by atoms with van der Waals surface area (Å²) in [5, 5.41) is 11.1. The largest absolute Gasteiger partial charge is 0.398 e. The van der Waals surface area contributed by atoms with E-state index >= 15 is 0 Å². The summed E-state index contributed by atoms with van der Waals surface area (Å²) in [6.07, 6.45) is 7.75. The smallest absolute Gasteiger partial charge is 0.257 e. The Morgan fingerprint density at radius 3 is 2.59 bits per heavy atom. The van der Waals surface area contributed by atoms with Gasteiger partial charge in [0.1, 0.15) is 0 Å². The maximum absolute atomic E-state index is 12.8. The van der Waals surface area contributed by atoms with Gasteiger partial charge in [0.2, 0.25) is 0 Å². The van der Waals surface area contributed by atoms with Crippen LogP contribution in [0.25, 0.3) is 16.9 Å². The molecule has 0 saturated carbocycles. The van der Waals surface area contributed by atoms with E-state index in [2.05, 4.69) is 25.5 Å². The van der Waals surface area contributed by atoms with Gasteiger partial charge in [-0.2, -0.15) is 10.2 Å². The lowest BCUT2D eigenvalue weighted by Gasteiger charge is -2.13. The fourth-order valence-corrected chi connectivity index (χ4v) is 3.18. The molecule has 8 nitrogen and oxygen atoms in total. The molecule has 0 fully saturated rings. The van der Waals surface area contributed by atoms with Crippen LogP contribution in [-0.2, 0) is 0 Å². The van der Waals surface area contributed by atoms with Crippen LogP contribution in [0, 0.1) is 6.92 Å². The zero-order chi connectivity index (χ0) is 20.4. The van der Waals surface area contributed by atoms with E-state index in [9.17, 15) is 4.79 Å². The molecule has 0 aliphatic carbocycles. The number of hydrogen-bond acceptors (Lipinski definition) is 6. The number of nitrogens with one attached hydrogen (secondary N) is 1. The maximum Gasteiger partial charge on any atom is 0.257 e. The molecular formula is C20H16ClN7O. The predicted molar refractivity (Wildman–Crippen MR) is 111 cm³/mol. The number of benzene rings is 1. The Morgan fingerprint density at radius 1 is 1.10 bits per heavy atom. The van der Waals surface area contributed by atoms with Crippen LogP contribution in [0.3, 0.4) is 0 Å². The average Bonchev–Trinajstić information content (AvgIpc) is 3.23. The summed E-state index contributed by atoms with van der Waals surface area (Å²) in [7, 11) is 0. The van der Waals surface area contributed by atoms with Crippen LogP contribution >= 0.6 is 11.6 Å². The third kappa shape index (κ3) is 3.65. The highest BCUT2D eigenvalue weighted by atomic mass is 35.5. The third-order valence-corrected chi connectivity index (χ3v) is 4.68.